The lowest BCUT2D eigenvalue weighted by Gasteiger charge is -2.27. The molecule has 0 aromatic heterocycles. The van der Waals surface area contributed by atoms with Crippen molar-refractivity contribution in [1.29, 1.82) is 0 Å². The van der Waals surface area contributed by atoms with Crippen molar-refractivity contribution in [2.75, 3.05) is 0 Å². The maximum absolute atomic E-state index is 11.8. The van der Waals surface area contributed by atoms with Gasteiger partial charge in [0.25, 0.3) is 0 Å². The molecule has 0 heterocycles. The van der Waals surface area contributed by atoms with Gasteiger partial charge in [-0.3, -0.25) is 4.79 Å². The van der Waals surface area contributed by atoms with Crippen LogP contribution in [0.3, 0.4) is 0 Å². The molecule has 0 radical (unpaired) electrons. The minimum Gasteiger partial charge on any atom is -0.495 e. The summed E-state index contributed by atoms with van der Waals surface area (Å²) in [6.07, 6.45) is 0. The van der Waals surface area contributed by atoms with Crippen molar-refractivity contribution in [3.63, 3.8) is 0 Å². The SMILES string of the molecule is C=C(O)N[C@H](C(=O)NC(C)(C)C)C(C)C. The molecule has 15 heavy (non-hydrogen) atoms. The fraction of sp³-hybridized carbons (Fsp3) is 0.727. The summed E-state index contributed by atoms with van der Waals surface area (Å²) in [5.41, 5.74) is -0.275. The van der Waals surface area contributed by atoms with E-state index < -0.39 is 6.04 Å². The zero-order chi connectivity index (χ0) is 12.2. The van der Waals surface area contributed by atoms with Gasteiger partial charge < -0.3 is 15.7 Å². The van der Waals surface area contributed by atoms with Crippen molar-refractivity contribution >= 4 is 5.91 Å². The lowest BCUT2D eigenvalue weighted by atomic mass is 10.0. The van der Waals surface area contributed by atoms with E-state index >= 15 is 0 Å². The number of hydrogen-bond acceptors (Lipinski definition) is 3. The van der Waals surface area contributed by atoms with Crippen LogP contribution < -0.4 is 10.6 Å². The Labute approximate surface area is 91.8 Å². The van der Waals surface area contributed by atoms with Crippen LogP contribution in [0.25, 0.3) is 0 Å². The largest absolute Gasteiger partial charge is 0.495 e. The third-order valence-corrected chi connectivity index (χ3v) is 1.77. The Morgan fingerprint density at radius 2 is 1.80 bits per heavy atom. The number of hydrogen-bond donors (Lipinski definition) is 3. The van der Waals surface area contributed by atoms with Crippen molar-refractivity contribution in [2.24, 2.45) is 5.92 Å². The van der Waals surface area contributed by atoms with E-state index in [0.29, 0.717) is 0 Å². The molecule has 0 bridgehead atoms. The first-order chi connectivity index (χ1) is 6.63. The zero-order valence-electron chi connectivity index (χ0n) is 10.2. The maximum Gasteiger partial charge on any atom is 0.243 e. The molecule has 0 spiro atoms. The van der Waals surface area contributed by atoms with Gasteiger partial charge in [-0.25, -0.2) is 0 Å². The molecule has 4 nitrogen and oxygen atoms in total. The molecule has 0 aromatic rings. The second-order valence-corrected chi connectivity index (χ2v) is 5.05. The molecule has 3 N–H and O–H groups in total. The molecule has 0 aliphatic carbocycles. The maximum atomic E-state index is 11.8. The van der Waals surface area contributed by atoms with E-state index in [1.165, 1.54) is 0 Å². The minimum absolute atomic E-state index is 0.0799. The minimum atomic E-state index is -0.457. The fourth-order valence-electron chi connectivity index (χ4n) is 1.16. The van der Waals surface area contributed by atoms with Crippen molar-refractivity contribution in [1.82, 2.24) is 10.6 Å². The normalized spacial score (nSPS) is 13.5. The monoisotopic (exact) mass is 214 g/mol. The molecule has 0 rings (SSSR count). The van der Waals surface area contributed by atoms with E-state index in [1.54, 1.807) is 0 Å². The van der Waals surface area contributed by atoms with Crippen LogP contribution in [0.4, 0.5) is 0 Å². The Bertz CT molecular complexity index is 241. The summed E-state index contributed by atoms with van der Waals surface area (Å²) < 4.78 is 0. The quantitative estimate of drug-likeness (QED) is 0.622. The zero-order valence-corrected chi connectivity index (χ0v) is 10.2. The van der Waals surface area contributed by atoms with Crippen molar-refractivity contribution in [2.45, 2.75) is 46.2 Å². The standard InChI is InChI=1S/C11H22N2O2/c1-7(2)9(12-8(3)14)10(15)13-11(4,5)6/h7,9,12,14H,3H2,1-2,4-6H3,(H,13,15)/t9-/m0/s1. The molecule has 88 valence electrons. The van der Waals surface area contributed by atoms with E-state index in [4.69, 9.17) is 5.11 Å². The molecule has 0 saturated carbocycles. The van der Waals surface area contributed by atoms with E-state index in [2.05, 4.69) is 17.2 Å². The summed E-state index contributed by atoms with van der Waals surface area (Å²) in [5, 5.41) is 14.5. The van der Waals surface area contributed by atoms with Crippen LogP contribution in [-0.2, 0) is 4.79 Å². The Kier molecular flexibility index (Phi) is 4.65. The molecule has 0 saturated heterocycles. The van der Waals surface area contributed by atoms with Gasteiger partial charge in [0, 0.05) is 5.54 Å². The van der Waals surface area contributed by atoms with Gasteiger partial charge in [0.15, 0.2) is 5.88 Å². The molecule has 0 unspecified atom stereocenters. The van der Waals surface area contributed by atoms with Crippen LogP contribution in [0.15, 0.2) is 12.5 Å². The molecule has 0 aliphatic rings. The highest BCUT2D eigenvalue weighted by molar-refractivity contribution is 5.82. The second kappa shape index (κ2) is 5.05. The predicted molar refractivity (Wildman–Crippen MR) is 61.4 cm³/mol. The van der Waals surface area contributed by atoms with Crippen molar-refractivity contribution < 1.29 is 9.90 Å². The number of nitrogens with one attached hydrogen (secondary N) is 2. The van der Waals surface area contributed by atoms with E-state index in [0.717, 1.165) is 0 Å². The summed E-state index contributed by atoms with van der Waals surface area (Å²) in [6.45, 7) is 12.9. The fourth-order valence-corrected chi connectivity index (χ4v) is 1.16. The van der Waals surface area contributed by atoms with Crippen LogP contribution in [0.2, 0.25) is 0 Å². The van der Waals surface area contributed by atoms with E-state index in [-0.39, 0.29) is 23.2 Å². The first kappa shape index (κ1) is 13.8. The molecular formula is C11H22N2O2. The van der Waals surface area contributed by atoms with Gasteiger partial charge in [-0.1, -0.05) is 13.8 Å². The number of aliphatic hydroxyl groups is 1. The van der Waals surface area contributed by atoms with Crippen LogP contribution in [0.5, 0.6) is 0 Å². The van der Waals surface area contributed by atoms with Gasteiger partial charge in [0.1, 0.15) is 6.04 Å². The van der Waals surface area contributed by atoms with Crippen LogP contribution >= 0.6 is 0 Å². The number of carbonyl (C=O) groups excluding carboxylic acids is 1. The first-order valence-electron chi connectivity index (χ1n) is 5.10. The van der Waals surface area contributed by atoms with Crippen molar-refractivity contribution in [3.05, 3.63) is 12.5 Å². The molecular weight excluding hydrogens is 192 g/mol. The number of carbonyl (C=O) groups is 1. The van der Waals surface area contributed by atoms with Crippen LogP contribution in [0.1, 0.15) is 34.6 Å². The van der Waals surface area contributed by atoms with Gasteiger partial charge in [-0.15, -0.1) is 0 Å². The highest BCUT2D eigenvalue weighted by atomic mass is 16.3. The molecule has 1 atom stereocenters. The highest BCUT2D eigenvalue weighted by Gasteiger charge is 2.25. The number of aliphatic hydroxyl groups excluding tert-OH is 1. The Morgan fingerprint density at radius 1 is 1.33 bits per heavy atom. The highest BCUT2D eigenvalue weighted by Crippen LogP contribution is 2.06. The average molecular weight is 214 g/mol. The second-order valence-electron chi connectivity index (χ2n) is 5.05. The third-order valence-electron chi connectivity index (χ3n) is 1.77. The molecule has 4 heteroatoms. The number of rotatable bonds is 4. The van der Waals surface area contributed by atoms with Crippen LogP contribution in [0, 0.1) is 5.92 Å². The van der Waals surface area contributed by atoms with E-state index in [9.17, 15) is 4.79 Å². The Morgan fingerprint density at radius 3 is 2.07 bits per heavy atom. The number of amides is 1. The molecule has 0 fully saturated rings. The van der Waals surface area contributed by atoms with Gasteiger partial charge in [0.2, 0.25) is 5.91 Å². The average Bonchev–Trinajstić information content (AvgIpc) is 1.95. The van der Waals surface area contributed by atoms with Gasteiger partial charge in [-0.2, -0.15) is 0 Å². The third kappa shape index (κ3) is 5.99. The summed E-state index contributed by atoms with van der Waals surface area (Å²) in [6, 6.07) is -0.457. The topological polar surface area (TPSA) is 61.4 Å². The molecule has 0 aromatic carbocycles. The Hall–Kier alpha value is -1.19. The first-order valence-corrected chi connectivity index (χ1v) is 5.10. The summed E-state index contributed by atoms with van der Waals surface area (Å²) in [7, 11) is 0. The van der Waals surface area contributed by atoms with Crippen molar-refractivity contribution in [3.8, 4) is 0 Å². The van der Waals surface area contributed by atoms with Gasteiger partial charge in [-0.05, 0) is 33.3 Å². The summed E-state index contributed by atoms with van der Waals surface area (Å²) in [4.78, 5) is 11.8. The van der Waals surface area contributed by atoms with Gasteiger partial charge >= 0.3 is 0 Å². The van der Waals surface area contributed by atoms with Crippen LogP contribution in [-0.4, -0.2) is 22.6 Å². The van der Waals surface area contributed by atoms with E-state index in [1.807, 2.05) is 34.6 Å². The smallest absolute Gasteiger partial charge is 0.243 e. The lowest BCUT2D eigenvalue weighted by molar-refractivity contribution is -0.125. The Balaban J connectivity index is 4.50. The lowest BCUT2D eigenvalue weighted by Crippen LogP contribution is -2.52. The predicted octanol–water partition coefficient (Wildman–Crippen LogP) is 1.54. The molecule has 1 amide bonds. The molecule has 0 aliphatic heterocycles. The summed E-state index contributed by atoms with van der Waals surface area (Å²) >= 11 is 0. The summed E-state index contributed by atoms with van der Waals surface area (Å²) in [5.74, 6) is -0.235. The van der Waals surface area contributed by atoms with Gasteiger partial charge in [0.05, 0.1) is 0 Å².